The second-order valence-electron chi connectivity index (χ2n) is 5.15. The van der Waals surface area contributed by atoms with Gasteiger partial charge >= 0.3 is 0 Å². The number of rotatable bonds is 0. The lowest BCUT2D eigenvalue weighted by atomic mass is 9.63. The summed E-state index contributed by atoms with van der Waals surface area (Å²) in [5.74, 6) is 2.61. The third-order valence-electron chi connectivity index (χ3n) is 4.17. The molecule has 1 unspecified atom stereocenters. The number of nitriles is 1. The van der Waals surface area contributed by atoms with Crippen LogP contribution in [-0.4, -0.2) is 5.78 Å². The van der Waals surface area contributed by atoms with Gasteiger partial charge in [0.05, 0.1) is 11.0 Å². The Bertz CT molecular complexity index is 673. The monoisotopic (exact) mass is 247 g/mol. The van der Waals surface area contributed by atoms with Crippen molar-refractivity contribution in [2.75, 3.05) is 0 Å². The number of hydrogen-bond acceptors (Lipinski definition) is 2. The van der Waals surface area contributed by atoms with Crippen molar-refractivity contribution in [3.8, 4) is 18.4 Å². The molecule has 0 fully saturated rings. The van der Waals surface area contributed by atoms with Crippen molar-refractivity contribution in [2.24, 2.45) is 5.41 Å². The van der Waals surface area contributed by atoms with E-state index in [0.717, 1.165) is 31.3 Å². The molecule has 3 rings (SSSR count). The van der Waals surface area contributed by atoms with Crippen LogP contribution in [0.15, 0.2) is 46.6 Å². The molecule has 0 saturated carbocycles. The summed E-state index contributed by atoms with van der Waals surface area (Å²) in [6, 6.07) is 1.96. The number of fused-ring (bicyclic) bond motifs is 2. The maximum absolute atomic E-state index is 11.9. The predicted molar refractivity (Wildman–Crippen MR) is 72.7 cm³/mol. The third kappa shape index (κ3) is 1.61. The van der Waals surface area contributed by atoms with Gasteiger partial charge in [-0.3, -0.25) is 4.79 Å². The molecule has 0 aliphatic heterocycles. The largest absolute Gasteiger partial charge is 0.288 e. The molecule has 0 amide bonds. The third-order valence-corrected chi connectivity index (χ3v) is 4.17. The molecule has 0 saturated heterocycles. The van der Waals surface area contributed by atoms with Crippen LogP contribution < -0.4 is 0 Å². The van der Waals surface area contributed by atoms with Crippen LogP contribution in [-0.2, 0) is 4.79 Å². The van der Waals surface area contributed by atoms with Gasteiger partial charge in [-0.15, -0.1) is 6.42 Å². The second kappa shape index (κ2) is 4.11. The molecule has 0 heterocycles. The Kier molecular flexibility index (Phi) is 2.54. The van der Waals surface area contributed by atoms with Gasteiger partial charge in [0.1, 0.15) is 6.07 Å². The van der Waals surface area contributed by atoms with E-state index in [1.54, 1.807) is 12.2 Å². The van der Waals surface area contributed by atoms with E-state index in [9.17, 15) is 4.79 Å². The van der Waals surface area contributed by atoms with Gasteiger partial charge in [-0.25, -0.2) is 0 Å². The molecule has 0 N–H and O–H groups in total. The number of terminal acetylenes is 1. The molecule has 1 atom stereocenters. The summed E-state index contributed by atoms with van der Waals surface area (Å²) in [6.45, 7) is 0. The lowest BCUT2D eigenvalue weighted by Crippen LogP contribution is -2.30. The molecule has 2 nitrogen and oxygen atoms in total. The zero-order chi connectivity index (χ0) is 13.5. The van der Waals surface area contributed by atoms with Crippen LogP contribution >= 0.6 is 0 Å². The highest BCUT2D eigenvalue weighted by Gasteiger charge is 2.40. The van der Waals surface area contributed by atoms with Gasteiger partial charge in [0, 0.05) is 0 Å². The highest BCUT2D eigenvalue weighted by atomic mass is 16.1. The van der Waals surface area contributed by atoms with Gasteiger partial charge in [-0.1, -0.05) is 18.1 Å². The Morgan fingerprint density at radius 1 is 1.37 bits per heavy atom. The van der Waals surface area contributed by atoms with Crippen LogP contribution in [0, 0.1) is 29.1 Å². The number of ketones is 1. The summed E-state index contributed by atoms with van der Waals surface area (Å²) in [5.41, 5.74) is 3.09. The van der Waals surface area contributed by atoms with Gasteiger partial charge in [0.25, 0.3) is 0 Å². The van der Waals surface area contributed by atoms with Crippen molar-refractivity contribution in [1.29, 1.82) is 5.26 Å². The molecule has 3 aliphatic rings. The normalized spacial score (nSPS) is 28.6. The molecule has 19 heavy (non-hydrogen) atoms. The van der Waals surface area contributed by atoms with Crippen LogP contribution in [0.4, 0.5) is 0 Å². The highest BCUT2D eigenvalue weighted by Crippen LogP contribution is 2.49. The fraction of sp³-hybridized carbons (Fsp3) is 0.294. The van der Waals surface area contributed by atoms with E-state index in [4.69, 9.17) is 11.7 Å². The maximum atomic E-state index is 11.9. The standard InChI is InChI=1S/C17H13NO/c1-2-17-8-7-12-5-3-4-6-14(12)15(17)9-16(19)13(10-17)11-18/h1,3,5,9-10H,4,6-8H2. The average Bonchev–Trinajstić information content (AvgIpc) is 2.47. The van der Waals surface area contributed by atoms with E-state index >= 15 is 0 Å². The average molecular weight is 247 g/mol. The summed E-state index contributed by atoms with van der Waals surface area (Å²) in [4.78, 5) is 11.9. The molecule has 0 spiro atoms. The fourth-order valence-corrected chi connectivity index (χ4v) is 3.16. The number of carbonyl (C=O) groups excluding carboxylic acids is 1. The number of nitrogens with zero attached hydrogens (tertiary/aromatic N) is 1. The summed E-state index contributed by atoms with van der Waals surface area (Å²) >= 11 is 0. The molecular formula is C17H13NO. The Labute approximate surface area is 112 Å². The van der Waals surface area contributed by atoms with Gasteiger partial charge < -0.3 is 0 Å². The molecule has 92 valence electrons. The second-order valence-corrected chi connectivity index (χ2v) is 5.15. The SMILES string of the molecule is C#CC12C=C(C#N)C(=O)C=C1C1=C(C=CCC1)CC2. The number of hydrogen-bond donors (Lipinski definition) is 0. The lowest BCUT2D eigenvalue weighted by molar-refractivity contribution is -0.111. The zero-order valence-electron chi connectivity index (χ0n) is 10.6. The van der Waals surface area contributed by atoms with Crippen molar-refractivity contribution in [2.45, 2.75) is 25.7 Å². The van der Waals surface area contributed by atoms with Crippen molar-refractivity contribution < 1.29 is 4.79 Å². The van der Waals surface area contributed by atoms with E-state index in [2.05, 4.69) is 18.1 Å². The summed E-state index contributed by atoms with van der Waals surface area (Å²) in [6.07, 6.45) is 17.0. The van der Waals surface area contributed by atoms with Crippen molar-refractivity contribution in [3.63, 3.8) is 0 Å². The van der Waals surface area contributed by atoms with Gasteiger partial charge in [0.15, 0.2) is 5.78 Å². The first-order valence-corrected chi connectivity index (χ1v) is 6.46. The molecule has 0 aromatic carbocycles. The molecule has 2 heteroatoms. The Hall–Kier alpha value is -2.32. The molecule has 3 aliphatic carbocycles. The number of carbonyl (C=O) groups is 1. The minimum atomic E-state index is -0.553. The van der Waals surface area contributed by atoms with Crippen LogP contribution in [0.1, 0.15) is 25.7 Å². The Morgan fingerprint density at radius 3 is 2.95 bits per heavy atom. The van der Waals surface area contributed by atoms with Crippen LogP contribution in [0.3, 0.4) is 0 Å². The molecule has 0 aromatic rings. The predicted octanol–water partition coefficient (Wildman–Crippen LogP) is 3.01. The minimum absolute atomic E-state index is 0.178. The molecule has 0 radical (unpaired) electrons. The van der Waals surface area contributed by atoms with E-state index in [0.29, 0.717) is 0 Å². The molecular weight excluding hydrogens is 234 g/mol. The zero-order valence-corrected chi connectivity index (χ0v) is 10.6. The first kappa shape index (κ1) is 11.8. The topological polar surface area (TPSA) is 40.9 Å². The molecule has 0 bridgehead atoms. The van der Waals surface area contributed by atoms with Crippen LogP contribution in [0.5, 0.6) is 0 Å². The highest BCUT2D eigenvalue weighted by molar-refractivity contribution is 6.09. The van der Waals surface area contributed by atoms with Crippen molar-refractivity contribution in [1.82, 2.24) is 0 Å². The minimum Gasteiger partial charge on any atom is -0.288 e. The first-order valence-electron chi connectivity index (χ1n) is 6.46. The van der Waals surface area contributed by atoms with Crippen LogP contribution in [0.2, 0.25) is 0 Å². The van der Waals surface area contributed by atoms with E-state index < -0.39 is 5.41 Å². The molecule has 0 aromatic heterocycles. The summed E-state index contributed by atoms with van der Waals surface area (Å²) < 4.78 is 0. The van der Waals surface area contributed by atoms with E-state index in [1.807, 2.05) is 6.07 Å². The Balaban J connectivity index is 2.20. The summed E-state index contributed by atoms with van der Waals surface area (Å²) in [5, 5.41) is 9.03. The van der Waals surface area contributed by atoms with Gasteiger partial charge in [-0.2, -0.15) is 5.26 Å². The lowest BCUT2D eigenvalue weighted by Gasteiger charge is -2.38. The van der Waals surface area contributed by atoms with Crippen LogP contribution in [0.25, 0.3) is 0 Å². The van der Waals surface area contributed by atoms with E-state index in [-0.39, 0.29) is 11.4 Å². The van der Waals surface area contributed by atoms with Crippen molar-refractivity contribution in [3.05, 3.63) is 46.6 Å². The maximum Gasteiger partial charge on any atom is 0.196 e. The smallest absolute Gasteiger partial charge is 0.196 e. The first-order chi connectivity index (χ1) is 9.20. The van der Waals surface area contributed by atoms with Crippen molar-refractivity contribution >= 4 is 5.78 Å². The Morgan fingerprint density at radius 2 is 2.21 bits per heavy atom. The van der Waals surface area contributed by atoms with E-state index in [1.165, 1.54) is 11.1 Å². The van der Waals surface area contributed by atoms with Gasteiger partial charge in [0.2, 0.25) is 0 Å². The van der Waals surface area contributed by atoms with Gasteiger partial charge in [-0.05, 0) is 54.6 Å². The summed E-state index contributed by atoms with van der Waals surface area (Å²) in [7, 11) is 0. The fourth-order valence-electron chi connectivity index (χ4n) is 3.16. The quantitative estimate of drug-likeness (QED) is 0.617. The number of allylic oxidation sites excluding steroid dienone is 8.